The highest BCUT2D eigenvalue weighted by atomic mass is 16.3. The molecular formula is C30H24N2O4. The van der Waals surface area contributed by atoms with Crippen LogP contribution in [-0.2, 0) is 0 Å². The molecule has 2 aliphatic rings. The number of hydrogen-bond donors (Lipinski definition) is 1. The summed E-state index contributed by atoms with van der Waals surface area (Å²) in [5.74, 6) is -1.26. The lowest BCUT2D eigenvalue weighted by atomic mass is 9.85. The Morgan fingerprint density at radius 2 is 1.11 bits per heavy atom. The Morgan fingerprint density at radius 1 is 0.611 bits per heavy atom. The molecule has 0 aromatic heterocycles. The number of aliphatic hydroxyl groups excluding tert-OH is 1. The van der Waals surface area contributed by atoms with Crippen molar-refractivity contribution in [2.75, 3.05) is 9.80 Å². The standard InChI is InChI=1S/C30H24N2O4/c1-15-5-11-23(17(3)13-15)31-27(33)19-7-9-21-26-22(10-8-20(25(19)26)28(31)34)30(36)32(29(21)35)24-12-6-16(2)14-18(24)4/h5-14,27,33H,1-4H3. The van der Waals surface area contributed by atoms with Crippen molar-refractivity contribution in [1.82, 2.24) is 0 Å². The summed E-state index contributed by atoms with van der Waals surface area (Å²) < 4.78 is 0. The Bertz CT molecular complexity index is 1650. The molecule has 0 fully saturated rings. The molecule has 2 aliphatic heterocycles. The predicted molar refractivity (Wildman–Crippen MR) is 139 cm³/mol. The molecule has 6 nitrogen and oxygen atoms in total. The van der Waals surface area contributed by atoms with Crippen LogP contribution in [0.25, 0.3) is 10.8 Å². The summed E-state index contributed by atoms with van der Waals surface area (Å²) in [5, 5.41) is 12.3. The predicted octanol–water partition coefficient (Wildman–Crippen LogP) is 5.53. The summed E-state index contributed by atoms with van der Waals surface area (Å²) in [6.45, 7) is 7.70. The summed E-state index contributed by atoms with van der Waals surface area (Å²) in [4.78, 5) is 43.6. The molecule has 0 aliphatic carbocycles. The molecule has 36 heavy (non-hydrogen) atoms. The van der Waals surface area contributed by atoms with Gasteiger partial charge in [-0.2, -0.15) is 0 Å². The smallest absolute Gasteiger partial charge is 0.265 e. The summed E-state index contributed by atoms with van der Waals surface area (Å²) in [6, 6.07) is 17.9. The van der Waals surface area contributed by atoms with Gasteiger partial charge in [0, 0.05) is 38.7 Å². The molecule has 0 radical (unpaired) electrons. The Labute approximate surface area is 208 Å². The third kappa shape index (κ3) is 2.91. The molecule has 0 bridgehead atoms. The SMILES string of the molecule is Cc1ccc(N2C(=O)c3ccc4c5c(ccc(c35)C2=O)C(O)N(c2ccc(C)cc2C)C4=O)c(C)c1. The van der Waals surface area contributed by atoms with E-state index in [1.54, 1.807) is 30.3 Å². The van der Waals surface area contributed by atoms with Gasteiger partial charge in [0.25, 0.3) is 17.7 Å². The normalized spacial score (nSPS) is 16.8. The Hall–Kier alpha value is -4.29. The molecule has 6 heteroatoms. The maximum atomic E-state index is 13.7. The number of hydrogen-bond acceptors (Lipinski definition) is 4. The fourth-order valence-electron chi connectivity index (χ4n) is 5.58. The van der Waals surface area contributed by atoms with Gasteiger partial charge in [-0.25, -0.2) is 4.90 Å². The molecule has 178 valence electrons. The quantitative estimate of drug-likeness (QED) is 0.386. The maximum absolute atomic E-state index is 13.7. The molecule has 3 amide bonds. The third-order valence-electron chi connectivity index (χ3n) is 7.24. The largest absolute Gasteiger partial charge is 0.369 e. The highest BCUT2D eigenvalue weighted by Gasteiger charge is 2.41. The first kappa shape index (κ1) is 22.2. The van der Waals surface area contributed by atoms with E-state index in [0.717, 1.165) is 22.3 Å². The van der Waals surface area contributed by atoms with Gasteiger partial charge in [0.05, 0.1) is 5.69 Å². The summed E-state index contributed by atoms with van der Waals surface area (Å²) >= 11 is 0. The van der Waals surface area contributed by atoms with Crippen molar-refractivity contribution in [3.8, 4) is 0 Å². The Morgan fingerprint density at radius 3 is 1.67 bits per heavy atom. The first-order chi connectivity index (χ1) is 17.2. The van der Waals surface area contributed by atoms with E-state index in [4.69, 9.17) is 0 Å². The van der Waals surface area contributed by atoms with Crippen molar-refractivity contribution in [3.63, 3.8) is 0 Å². The topological polar surface area (TPSA) is 77.9 Å². The second-order valence-electron chi connectivity index (χ2n) is 9.69. The van der Waals surface area contributed by atoms with Crippen LogP contribution in [0.1, 0.15) is 65.1 Å². The number of carbonyl (C=O) groups excluding carboxylic acids is 3. The van der Waals surface area contributed by atoms with Gasteiger partial charge >= 0.3 is 0 Å². The Balaban J connectivity index is 1.55. The van der Waals surface area contributed by atoms with Crippen LogP contribution in [0.4, 0.5) is 11.4 Å². The van der Waals surface area contributed by atoms with Crippen LogP contribution in [0.2, 0.25) is 0 Å². The number of amides is 3. The van der Waals surface area contributed by atoms with E-state index in [0.29, 0.717) is 44.4 Å². The number of anilines is 2. The molecule has 0 spiro atoms. The van der Waals surface area contributed by atoms with Crippen LogP contribution in [-0.4, -0.2) is 22.8 Å². The Kier molecular flexibility index (Phi) is 4.69. The lowest BCUT2D eigenvalue weighted by Gasteiger charge is -2.36. The number of rotatable bonds is 2. The van der Waals surface area contributed by atoms with E-state index < -0.39 is 18.0 Å². The minimum absolute atomic E-state index is 0.338. The van der Waals surface area contributed by atoms with Crippen molar-refractivity contribution in [1.29, 1.82) is 0 Å². The zero-order chi connectivity index (χ0) is 25.5. The highest BCUT2D eigenvalue weighted by Crippen LogP contribution is 2.44. The summed E-state index contributed by atoms with van der Waals surface area (Å²) in [5.41, 5.74) is 6.45. The zero-order valence-electron chi connectivity index (χ0n) is 20.4. The first-order valence-corrected chi connectivity index (χ1v) is 11.8. The second kappa shape index (κ2) is 7.60. The van der Waals surface area contributed by atoms with Gasteiger partial charge in [0.15, 0.2) is 6.23 Å². The molecule has 6 rings (SSSR count). The zero-order valence-corrected chi connectivity index (χ0v) is 20.4. The van der Waals surface area contributed by atoms with Crippen LogP contribution in [0.5, 0.6) is 0 Å². The molecule has 0 saturated carbocycles. The maximum Gasteiger partial charge on any atom is 0.265 e. The van der Waals surface area contributed by atoms with Crippen molar-refractivity contribution < 1.29 is 19.5 Å². The van der Waals surface area contributed by atoms with E-state index in [-0.39, 0.29) is 5.91 Å². The van der Waals surface area contributed by atoms with Gasteiger partial charge in [-0.15, -0.1) is 0 Å². The van der Waals surface area contributed by atoms with Gasteiger partial charge in [0.2, 0.25) is 0 Å². The molecule has 4 aromatic carbocycles. The number of aryl methyl sites for hydroxylation is 4. The van der Waals surface area contributed by atoms with Crippen molar-refractivity contribution in [2.45, 2.75) is 33.9 Å². The first-order valence-electron chi connectivity index (χ1n) is 11.8. The van der Waals surface area contributed by atoms with Crippen LogP contribution >= 0.6 is 0 Å². The highest BCUT2D eigenvalue weighted by molar-refractivity contribution is 6.37. The van der Waals surface area contributed by atoms with Crippen LogP contribution in [0.3, 0.4) is 0 Å². The van der Waals surface area contributed by atoms with Gasteiger partial charge in [-0.05, 0) is 69.2 Å². The van der Waals surface area contributed by atoms with Crippen molar-refractivity contribution in [2.24, 2.45) is 0 Å². The molecule has 4 aromatic rings. The van der Waals surface area contributed by atoms with Crippen LogP contribution in [0, 0.1) is 27.7 Å². The molecule has 2 heterocycles. The lowest BCUT2D eigenvalue weighted by Crippen LogP contribution is -2.43. The second-order valence-corrected chi connectivity index (χ2v) is 9.69. The van der Waals surface area contributed by atoms with E-state index in [1.807, 2.05) is 58.0 Å². The number of nitrogens with zero attached hydrogens (tertiary/aromatic N) is 2. The van der Waals surface area contributed by atoms with E-state index in [9.17, 15) is 19.5 Å². The van der Waals surface area contributed by atoms with Crippen LogP contribution in [0.15, 0.2) is 60.7 Å². The summed E-state index contributed by atoms with van der Waals surface area (Å²) in [7, 11) is 0. The van der Waals surface area contributed by atoms with Crippen molar-refractivity contribution in [3.05, 3.63) is 105 Å². The molecule has 0 saturated heterocycles. The monoisotopic (exact) mass is 476 g/mol. The molecule has 1 atom stereocenters. The number of imide groups is 1. The fourth-order valence-corrected chi connectivity index (χ4v) is 5.58. The van der Waals surface area contributed by atoms with Gasteiger partial charge in [-0.1, -0.05) is 41.5 Å². The van der Waals surface area contributed by atoms with Gasteiger partial charge < -0.3 is 5.11 Å². The molecular weight excluding hydrogens is 452 g/mol. The number of aliphatic hydroxyl groups is 1. The third-order valence-corrected chi connectivity index (χ3v) is 7.24. The number of benzene rings is 4. The van der Waals surface area contributed by atoms with E-state index >= 15 is 0 Å². The fraction of sp³-hybridized carbons (Fsp3) is 0.167. The molecule has 1 unspecified atom stereocenters. The number of carbonyl (C=O) groups is 3. The van der Waals surface area contributed by atoms with Crippen LogP contribution < -0.4 is 9.80 Å². The lowest BCUT2D eigenvalue weighted by molar-refractivity contribution is 0.0865. The average molecular weight is 477 g/mol. The molecule has 1 N–H and O–H groups in total. The average Bonchev–Trinajstić information content (AvgIpc) is 2.83. The minimum Gasteiger partial charge on any atom is -0.369 e. The summed E-state index contributed by atoms with van der Waals surface area (Å²) in [6.07, 6.45) is -1.25. The van der Waals surface area contributed by atoms with E-state index in [2.05, 4.69) is 0 Å². The van der Waals surface area contributed by atoms with E-state index in [1.165, 1.54) is 9.80 Å². The van der Waals surface area contributed by atoms with Gasteiger partial charge in [0.1, 0.15) is 0 Å². The van der Waals surface area contributed by atoms with Gasteiger partial charge in [-0.3, -0.25) is 19.3 Å². The minimum atomic E-state index is -1.25. The van der Waals surface area contributed by atoms with Crippen molar-refractivity contribution >= 4 is 39.9 Å².